The highest BCUT2D eigenvalue weighted by Gasteiger charge is 2.23. The number of piperidine rings is 1. The second kappa shape index (κ2) is 6.16. The number of rotatable bonds is 2. The molecular weight excluding hydrogens is 250 g/mol. The molecule has 4 nitrogen and oxygen atoms in total. The summed E-state index contributed by atoms with van der Waals surface area (Å²) >= 11 is 0. The minimum absolute atomic E-state index is 0.120. The summed E-state index contributed by atoms with van der Waals surface area (Å²) in [6.45, 7) is 5.93. The number of anilines is 1. The van der Waals surface area contributed by atoms with Crippen LogP contribution in [0.1, 0.15) is 24.0 Å². The number of carbonyl (C=O) groups is 1. The minimum atomic E-state index is 0.120. The van der Waals surface area contributed by atoms with Crippen LogP contribution in [0, 0.1) is 13.8 Å². The van der Waals surface area contributed by atoms with Crippen molar-refractivity contribution in [2.75, 3.05) is 32.5 Å². The standard InChI is InChI=1S/C16H25N3O/c1-12-5-6-15(11-13(12)2)17-14-7-9-19(10-8-14)16(20)18(3)4/h5-6,11,14,17H,7-10H2,1-4H3. The Bertz CT molecular complexity index is 477. The predicted molar refractivity (Wildman–Crippen MR) is 83.2 cm³/mol. The molecule has 1 aromatic rings. The summed E-state index contributed by atoms with van der Waals surface area (Å²) in [6.07, 6.45) is 2.01. The van der Waals surface area contributed by atoms with E-state index in [0.29, 0.717) is 6.04 Å². The summed E-state index contributed by atoms with van der Waals surface area (Å²) in [5.74, 6) is 0. The van der Waals surface area contributed by atoms with Crippen LogP contribution in [-0.2, 0) is 0 Å². The van der Waals surface area contributed by atoms with Crippen molar-refractivity contribution in [3.05, 3.63) is 29.3 Å². The monoisotopic (exact) mass is 275 g/mol. The lowest BCUT2D eigenvalue weighted by Crippen LogP contribution is -2.46. The fourth-order valence-electron chi connectivity index (χ4n) is 2.56. The van der Waals surface area contributed by atoms with E-state index in [1.165, 1.54) is 16.8 Å². The maximum Gasteiger partial charge on any atom is 0.319 e. The fraction of sp³-hybridized carbons (Fsp3) is 0.562. The Balaban J connectivity index is 1.88. The van der Waals surface area contributed by atoms with E-state index < -0.39 is 0 Å². The molecule has 0 saturated carbocycles. The molecule has 110 valence electrons. The summed E-state index contributed by atoms with van der Waals surface area (Å²) in [5.41, 5.74) is 3.82. The van der Waals surface area contributed by atoms with Gasteiger partial charge in [-0.3, -0.25) is 0 Å². The number of benzene rings is 1. The maximum atomic E-state index is 11.9. The van der Waals surface area contributed by atoms with E-state index in [9.17, 15) is 4.79 Å². The van der Waals surface area contributed by atoms with Gasteiger partial charge in [-0.1, -0.05) is 6.07 Å². The van der Waals surface area contributed by atoms with Crippen LogP contribution in [0.25, 0.3) is 0 Å². The van der Waals surface area contributed by atoms with Crippen molar-refractivity contribution in [3.63, 3.8) is 0 Å². The Morgan fingerprint density at radius 3 is 2.40 bits per heavy atom. The van der Waals surface area contributed by atoms with Gasteiger partial charge in [0.25, 0.3) is 0 Å². The first-order valence-corrected chi connectivity index (χ1v) is 7.27. The fourth-order valence-corrected chi connectivity index (χ4v) is 2.56. The highest BCUT2D eigenvalue weighted by Crippen LogP contribution is 2.19. The van der Waals surface area contributed by atoms with Crippen molar-refractivity contribution in [2.45, 2.75) is 32.7 Å². The Labute approximate surface area is 121 Å². The van der Waals surface area contributed by atoms with Gasteiger partial charge in [0.2, 0.25) is 0 Å². The molecule has 1 heterocycles. The SMILES string of the molecule is Cc1ccc(NC2CCN(C(=O)N(C)C)CC2)cc1C. The zero-order chi connectivity index (χ0) is 14.7. The molecule has 0 bridgehead atoms. The molecule has 0 unspecified atom stereocenters. The zero-order valence-corrected chi connectivity index (χ0v) is 12.9. The number of hydrogen-bond donors (Lipinski definition) is 1. The van der Waals surface area contributed by atoms with E-state index in [1.807, 2.05) is 19.0 Å². The summed E-state index contributed by atoms with van der Waals surface area (Å²) < 4.78 is 0. The van der Waals surface area contributed by atoms with E-state index in [0.717, 1.165) is 25.9 Å². The van der Waals surface area contributed by atoms with Crippen molar-refractivity contribution in [2.24, 2.45) is 0 Å². The van der Waals surface area contributed by atoms with Gasteiger partial charge in [-0.25, -0.2) is 4.79 Å². The smallest absolute Gasteiger partial charge is 0.319 e. The third kappa shape index (κ3) is 3.44. The molecule has 0 atom stereocenters. The topological polar surface area (TPSA) is 35.6 Å². The molecule has 1 aliphatic heterocycles. The van der Waals surface area contributed by atoms with Crippen molar-refractivity contribution in [3.8, 4) is 0 Å². The van der Waals surface area contributed by atoms with Crippen molar-refractivity contribution >= 4 is 11.7 Å². The van der Waals surface area contributed by atoms with Crippen LogP contribution in [-0.4, -0.2) is 49.1 Å². The zero-order valence-electron chi connectivity index (χ0n) is 12.9. The molecule has 1 fully saturated rings. The normalized spacial score (nSPS) is 16.1. The quantitative estimate of drug-likeness (QED) is 0.901. The van der Waals surface area contributed by atoms with Gasteiger partial charge >= 0.3 is 6.03 Å². The third-order valence-electron chi connectivity index (χ3n) is 4.03. The van der Waals surface area contributed by atoms with Crippen LogP contribution < -0.4 is 5.32 Å². The van der Waals surface area contributed by atoms with Crippen LogP contribution >= 0.6 is 0 Å². The molecule has 1 N–H and O–H groups in total. The summed E-state index contributed by atoms with van der Waals surface area (Å²) in [5, 5.41) is 3.59. The maximum absolute atomic E-state index is 11.9. The van der Waals surface area contributed by atoms with Crippen molar-refractivity contribution in [1.82, 2.24) is 9.80 Å². The molecule has 2 rings (SSSR count). The summed E-state index contributed by atoms with van der Waals surface area (Å²) in [7, 11) is 3.61. The lowest BCUT2D eigenvalue weighted by atomic mass is 10.0. The van der Waals surface area contributed by atoms with Gasteiger partial charge in [0.05, 0.1) is 0 Å². The highest BCUT2D eigenvalue weighted by atomic mass is 16.2. The van der Waals surface area contributed by atoms with Gasteiger partial charge in [0.15, 0.2) is 0 Å². The molecule has 0 aromatic heterocycles. The van der Waals surface area contributed by atoms with E-state index in [1.54, 1.807) is 4.90 Å². The number of carbonyl (C=O) groups excluding carboxylic acids is 1. The molecule has 0 radical (unpaired) electrons. The van der Waals surface area contributed by atoms with Gasteiger partial charge < -0.3 is 15.1 Å². The number of nitrogens with zero attached hydrogens (tertiary/aromatic N) is 2. The molecule has 20 heavy (non-hydrogen) atoms. The minimum Gasteiger partial charge on any atom is -0.382 e. The van der Waals surface area contributed by atoms with Gasteiger partial charge in [0, 0.05) is 38.9 Å². The first-order chi connectivity index (χ1) is 9.47. The van der Waals surface area contributed by atoms with Gasteiger partial charge in [0.1, 0.15) is 0 Å². The number of aryl methyl sites for hydroxylation is 2. The van der Waals surface area contributed by atoms with Crippen molar-refractivity contribution in [1.29, 1.82) is 0 Å². The molecule has 1 saturated heterocycles. The van der Waals surface area contributed by atoms with E-state index in [4.69, 9.17) is 0 Å². The van der Waals surface area contributed by atoms with E-state index in [-0.39, 0.29) is 6.03 Å². The van der Waals surface area contributed by atoms with Gasteiger partial charge in [-0.05, 0) is 49.9 Å². The van der Waals surface area contributed by atoms with Crippen LogP contribution in [0.15, 0.2) is 18.2 Å². The van der Waals surface area contributed by atoms with Crippen LogP contribution in [0.2, 0.25) is 0 Å². The number of hydrogen-bond acceptors (Lipinski definition) is 2. The van der Waals surface area contributed by atoms with Crippen LogP contribution in [0.3, 0.4) is 0 Å². The molecule has 1 aliphatic rings. The molecule has 1 aromatic carbocycles. The molecule has 4 heteroatoms. The van der Waals surface area contributed by atoms with Crippen molar-refractivity contribution < 1.29 is 4.79 Å². The van der Waals surface area contributed by atoms with E-state index in [2.05, 4.69) is 37.4 Å². The number of likely N-dealkylation sites (tertiary alicyclic amines) is 1. The van der Waals surface area contributed by atoms with Crippen LogP contribution in [0.4, 0.5) is 10.5 Å². The molecular formula is C16H25N3O. The Hall–Kier alpha value is -1.71. The van der Waals surface area contributed by atoms with E-state index >= 15 is 0 Å². The third-order valence-corrected chi connectivity index (χ3v) is 4.03. The predicted octanol–water partition coefficient (Wildman–Crippen LogP) is 2.86. The first-order valence-electron chi connectivity index (χ1n) is 7.27. The largest absolute Gasteiger partial charge is 0.382 e. The average molecular weight is 275 g/mol. The second-order valence-corrected chi connectivity index (χ2v) is 5.88. The Morgan fingerprint density at radius 2 is 1.85 bits per heavy atom. The molecule has 2 amide bonds. The number of urea groups is 1. The van der Waals surface area contributed by atoms with Crippen LogP contribution in [0.5, 0.6) is 0 Å². The highest BCUT2D eigenvalue weighted by molar-refractivity contribution is 5.73. The summed E-state index contributed by atoms with van der Waals surface area (Å²) in [6, 6.07) is 7.08. The molecule has 0 aliphatic carbocycles. The summed E-state index contributed by atoms with van der Waals surface area (Å²) in [4.78, 5) is 15.5. The number of nitrogens with one attached hydrogen (secondary N) is 1. The Morgan fingerprint density at radius 1 is 1.20 bits per heavy atom. The van der Waals surface area contributed by atoms with Gasteiger partial charge in [-0.2, -0.15) is 0 Å². The second-order valence-electron chi connectivity index (χ2n) is 5.88. The van der Waals surface area contributed by atoms with Gasteiger partial charge in [-0.15, -0.1) is 0 Å². The number of amides is 2. The molecule has 0 spiro atoms. The Kier molecular flexibility index (Phi) is 4.53. The first kappa shape index (κ1) is 14.7. The lowest BCUT2D eigenvalue weighted by Gasteiger charge is -2.34. The lowest BCUT2D eigenvalue weighted by molar-refractivity contribution is 0.158. The average Bonchev–Trinajstić information content (AvgIpc) is 2.43.